The maximum absolute atomic E-state index is 13.7. The fraction of sp³-hybridized carbons (Fsp3) is 0.320. The molecule has 192 valence electrons. The topological polar surface area (TPSA) is 124 Å². The van der Waals surface area contributed by atoms with E-state index in [-0.39, 0.29) is 22.0 Å². The molecule has 1 fully saturated rings. The number of sulfonamides is 1. The van der Waals surface area contributed by atoms with Crippen molar-refractivity contribution in [3.8, 4) is 0 Å². The number of fused-ring (bicyclic) bond motifs is 1. The van der Waals surface area contributed by atoms with Gasteiger partial charge in [-0.3, -0.25) is 14.0 Å². The highest BCUT2D eigenvalue weighted by atomic mass is 32.2. The van der Waals surface area contributed by atoms with Gasteiger partial charge in [-0.15, -0.1) is 0 Å². The van der Waals surface area contributed by atoms with E-state index >= 15 is 0 Å². The molecule has 0 saturated carbocycles. The Labute approximate surface area is 217 Å². The van der Waals surface area contributed by atoms with Crippen molar-refractivity contribution in [2.45, 2.75) is 36.3 Å². The lowest BCUT2D eigenvalue weighted by atomic mass is 9.92. The summed E-state index contributed by atoms with van der Waals surface area (Å²) in [5, 5.41) is 20.8. The van der Waals surface area contributed by atoms with Gasteiger partial charge in [0.05, 0.1) is 42.7 Å². The third-order valence-corrected chi connectivity index (χ3v) is 10.4. The highest BCUT2D eigenvalue weighted by molar-refractivity contribution is 8.04. The lowest BCUT2D eigenvalue weighted by Crippen LogP contribution is -2.60. The van der Waals surface area contributed by atoms with Crippen LogP contribution in [0.25, 0.3) is 10.8 Å². The Morgan fingerprint density at radius 1 is 1.24 bits per heavy atom. The number of nitrogens with zero attached hydrogens (tertiary/aromatic N) is 4. The van der Waals surface area contributed by atoms with Crippen LogP contribution in [0.3, 0.4) is 0 Å². The summed E-state index contributed by atoms with van der Waals surface area (Å²) in [6.07, 6.45) is 5.69. The van der Waals surface area contributed by atoms with E-state index < -0.39 is 39.3 Å². The zero-order chi connectivity index (χ0) is 26.2. The molecule has 1 saturated heterocycles. The number of amides is 1. The lowest BCUT2D eigenvalue weighted by molar-refractivity contribution is -0.671. The zero-order valence-corrected chi connectivity index (χ0v) is 21.7. The highest BCUT2D eigenvalue weighted by Gasteiger charge is 2.58. The number of rotatable bonds is 7. The summed E-state index contributed by atoms with van der Waals surface area (Å²) in [6, 6.07) is 8.92. The second-order valence-corrected chi connectivity index (χ2v) is 12.6. The summed E-state index contributed by atoms with van der Waals surface area (Å²) in [5.74, 6) is -2.48. The molecule has 2 aromatic carbocycles. The first-order chi connectivity index (χ1) is 17.6. The van der Waals surface area contributed by atoms with E-state index in [2.05, 4.69) is 4.57 Å². The van der Waals surface area contributed by atoms with Gasteiger partial charge < -0.3 is 10.2 Å². The summed E-state index contributed by atoms with van der Waals surface area (Å²) in [4.78, 5) is 26.3. The molecule has 4 heterocycles. The number of β-lactam (4-membered cyclic amide) rings is 1. The Morgan fingerprint density at radius 2 is 2.03 bits per heavy atom. The number of aliphatic hydroxyl groups is 1. The van der Waals surface area contributed by atoms with E-state index in [1.807, 2.05) is 48.5 Å². The van der Waals surface area contributed by atoms with Gasteiger partial charge in [-0.25, -0.2) is 22.3 Å². The summed E-state index contributed by atoms with van der Waals surface area (Å²) in [6.45, 7) is 2.02. The number of thioether (sulfide) groups is 1. The van der Waals surface area contributed by atoms with Gasteiger partial charge in [0.25, 0.3) is 10.0 Å². The number of imidazole rings is 1. The van der Waals surface area contributed by atoms with Gasteiger partial charge in [-0.1, -0.05) is 30.0 Å². The molecule has 0 radical (unpaired) electrons. The molecule has 3 atom stereocenters. The molecule has 10 nitrogen and oxygen atoms in total. The van der Waals surface area contributed by atoms with Crippen molar-refractivity contribution < 1.29 is 32.8 Å². The van der Waals surface area contributed by atoms with Crippen LogP contribution in [0.1, 0.15) is 12.5 Å². The smallest absolute Gasteiger partial charge is 0.353 e. The van der Waals surface area contributed by atoms with E-state index in [1.54, 1.807) is 12.1 Å². The van der Waals surface area contributed by atoms with Crippen molar-refractivity contribution in [3.05, 3.63) is 65.2 Å². The Hall–Kier alpha value is -3.35. The number of anilines is 1. The minimum absolute atomic E-state index is 0.191. The molecule has 6 rings (SSSR count). The molecule has 3 aliphatic heterocycles. The summed E-state index contributed by atoms with van der Waals surface area (Å²) < 4.78 is 32.6. The number of aromatic nitrogens is 2. The first kappa shape index (κ1) is 24.0. The number of aliphatic carboxylic acids is 1. The van der Waals surface area contributed by atoms with Gasteiger partial charge in [0.2, 0.25) is 12.2 Å². The zero-order valence-electron chi connectivity index (χ0n) is 20.1. The largest absolute Gasteiger partial charge is 0.477 e. The van der Waals surface area contributed by atoms with Crippen LogP contribution >= 0.6 is 11.8 Å². The van der Waals surface area contributed by atoms with Crippen LogP contribution in [-0.2, 0) is 39.6 Å². The number of benzene rings is 2. The second-order valence-electron chi connectivity index (χ2n) is 9.56. The van der Waals surface area contributed by atoms with E-state index in [9.17, 15) is 28.2 Å². The van der Waals surface area contributed by atoms with Crippen molar-refractivity contribution in [2.24, 2.45) is 13.0 Å². The van der Waals surface area contributed by atoms with Gasteiger partial charge in [0.15, 0.2) is 0 Å². The first-order valence-corrected chi connectivity index (χ1v) is 14.1. The van der Waals surface area contributed by atoms with Gasteiger partial charge >= 0.3 is 5.97 Å². The van der Waals surface area contributed by atoms with Crippen molar-refractivity contribution >= 4 is 50.1 Å². The van der Waals surface area contributed by atoms with Crippen LogP contribution in [0.2, 0.25) is 0 Å². The standard InChI is InChI=1S/C25H24N4O6S2/c1-14(30)20-23(31)29-22(25(32)33)18(36-24(20)29)12-28-17-5-3-4-16-15(8-9-27-11-10-26(2)13-27)6-7-19(21(16)17)37(28,34)35/h3-7,10-11,13-14,20,24,30H,8-9,12H2,1-2H3/p+1/t14-,20?,24?/m0/s1. The Balaban J connectivity index is 1.37. The van der Waals surface area contributed by atoms with Crippen LogP contribution in [0, 0.1) is 5.92 Å². The summed E-state index contributed by atoms with van der Waals surface area (Å²) in [7, 11) is -1.99. The molecule has 3 aromatic rings. The Kier molecular flexibility index (Phi) is 5.41. The molecule has 0 spiro atoms. The number of carboxylic acids is 1. The first-order valence-electron chi connectivity index (χ1n) is 11.8. The molecular weight excluding hydrogens is 516 g/mol. The molecule has 12 heteroatoms. The summed E-state index contributed by atoms with van der Waals surface area (Å²) in [5.41, 5.74) is 1.30. The van der Waals surface area contributed by atoms with Gasteiger partial charge in [0.1, 0.15) is 23.5 Å². The molecule has 0 bridgehead atoms. The SMILES string of the molecule is C[C@H](O)C1C(=O)N2C(C(=O)O)=C(CN3c4cccc5c(CCn6cc[n+](C)c6)ccc(c45)S3(=O)=O)SC12. The fourth-order valence-electron chi connectivity index (χ4n) is 5.45. The third-order valence-electron chi connectivity index (χ3n) is 7.23. The molecule has 2 unspecified atom stereocenters. The summed E-state index contributed by atoms with van der Waals surface area (Å²) >= 11 is 1.14. The number of aryl methyl sites for hydroxylation is 3. The number of carboxylic acid groups (broad SMARTS) is 1. The monoisotopic (exact) mass is 541 g/mol. The van der Waals surface area contributed by atoms with Gasteiger partial charge in [-0.05, 0) is 30.0 Å². The molecule has 2 N–H and O–H groups in total. The maximum atomic E-state index is 13.7. The van der Waals surface area contributed by atoms with Gasteiger partial charge in [0, 0.05) is 16.7 Å². The van der Waals surface area contributed by atoms with Gasteiger partial charge in [-0.2, -0.15) is 0 Å². The minimum Gasteiger partial charge on any atom is -0.477 e. The molecule has 37 heavy (non-hydrogen) atoms. The van der Waals surface area contributed by atoms with E-state index in [0.717, 1.165) is 34.2 Å². The van der Waals surface area contributed by atoms with Crippen LogP contribution in [-0.4, -0.2) is 58.0 Å². The predicted octanol–water partition coefficient (Wildman–Crippen LogP) is 1.43. The lowest BCUT2D eigenvalue weighted by Gasteiger charge is -2.43. The molecule has 3 aliphatic rings. The number of hydrogen-bond acceptors (Lipinski definition) is 6. The normalized spacial score (nSPS) is 22.5. The van der Waals surface area contributed by atoms with Crippen molar-refractivity contribution in [3.63, 3.8) is 0 Å². The predicted molar refractivity (Wildman–Crippen MR) is 136 cm³/mol. The Bertz CT molecular complexity index is 1630. The number of hydrogen-bond donors (Lipinski definition) is 2. The van der Waals surface area contributed by atoms with Crippen molar-refractivity contribution in [1.29, 1.82) is 0 Å². The average molecular weight is 542 g/mol. The van der Waals surface area contributed by atoms with Crippen LogP contribution < -0.4 is 8.87 Å². The van der Waals surface area contributed by atoms with Crippen molar-refractivity contribution in [2.75, 3.05) is 10.8 Å². The van der Waals surface area contributed by atoms with Crippen molar-refractivity contribution in [1.82, 2.24) is 9.47 Å². The molecule has 1 aromatic heterocycles. The van der Waals surface area contributed by atoms with Crippen LogP contribution in [0.5, 0.6) is 0 Å². The quantitative estimate of drug-likeness (QED) is 0.343. The van der Waals surface area contributed by atoms with E-state index in [0.29, 0.717) is 17.5 Å². The van der Waals surface area contributed by atoms with Crippen LogP contribution in [0.4, 0.5) is 5.69 Å². The third kappa shape index (κ3) is 3.50. The highest BCUT2D eigenvalue weighted by Crippen LogP contribution is 2.52. The maximum Gasteiger partial charge on any atom is 0.353 e. The fourth-order valence-corrected chi connectivity index (χ4v) is 8.79. The molecule has 1 amide bonds. The molecular formula is C25H25N4O6S2+. The minimum atomic E-state index is -3.94. The number of carbonyl (C=O) groups excluding carboxylic acids is 1. The number of aliphatic hydroxyl groups excluding tert-OH is 1. The van der Waals surface area contributed by atoms with E-state index in [4.69, 9.17) is 0 Å². The number of carbonyl (C=O) groups is 2. The van der Waals surface area contributed by atoms with E-state index in [1.165, 1.54) is 11.2 Å². The molecule has 0 aliphatic carbocycles. The average Bonchev–Trinajstić information content (AvgIpc) is 3.46. The Morgan fingerprint density at radius 3 is 2.70 bits per heavy atom. The second kappa shape index (κ2) is 8.33. The van der Waals surface area contributed by atoms with Crippen LogP contribution in [0.15, 0.2) is 64.6 Å².